The first-order valence-corrected chi connectivity index (χ1v) is 13.2. The number of thioether (sulfide) groups is 1. The summed E-state index contributed by atoms with van der Waals surface area (Å²) < 4.78 is 7.11. The van der Waals surface area contributed by atoms with Gasteiger partial charge in [0.15, 0.2) is 11.0 Å². The molecule has 0 bridgehead atoms. The van der Waals surface area contributed by atoms with Gasteiger partial charge < -0.3 is 19.9 Å². The van der Waals surface area contributed by atoms with E-state index in [-0.39, 0.29) is 28.5 Å². The van der Waals surface area contributed by atoms with Gasteiger partial charge in [-0.2, -0.15) is 0 Å². The Morgan fingerprint density at radius 3 is 2.58 bits per heavy atom. The summed E-state index contributed by atoms with van der Waals surface area (Å²) in [5.74, 6) is 1.22. The van der Waals surface area contributed by atoms with Gasteiger partial charge in [-0.05, 0) is 49.6 Å². The summed E-state index contributed by atoms with van der Waals surface area (Å²) in [4.78, 5) is 25.5. The second-order valence-corrected chi connectivity index (χ2v) is 10.2. The number of hydrogen-bond acceptors (Lipinski definition) is 6. The molecule has 0 saturated heterocycles. The molecule has 1 aromatic heterocycles. The van der Waals surface area contributed by atoms with Gasteiger partial charge in [-0.25, -0.2) is 0 Å². The molecule has 0 aliphatic heterocycles. The van der Waals surface area contributed by atoms with E-state index in [4.69, 9.17) is 27.9 Å². The zero-order valence-electron chi connectivity index (χ0n) is 20.5. The molecule has 8 nitrogen and oxygen atoms in total. The zero-order valence-corrected chi connectivity index (χ0v) is 22.9. The SMILES string of the molecule is CCn1c(SCC(=O)Nc2cccc(OC)c2)nnc1[C@H](CC(C)C)NC(=O)c1ccc(Cl)cc1Cl. The van der Waals surface area contributed by atoms with Gasteiger partial charge in [-0.3, -0.25) is 9.59 Å². The summed E-state index contributed by atoms with van der Waals surface area (Å²) in [5, 5.41) is 15.9. The van der Waals surface area contributed by atoms with Crippen molar-refractivity contribution in [3.8, 4) is 5.75 Å². The lowest BCUT2D eigenvalue weighted by Gasteiger charge is -2.21. The molecule has 0 radical (unpaired) electrons. The minimum atomic E-state index is -0.392. The third-order valence-corrected chi connectivity index (χ3v) is 6.76. The highest BCUT2D eigenvalue weighted by atomic mass is 35.5. The molecule has 3 rings (SSSR count). The number of methoxy groups -OCH3 is 1. The quantitative estimate of drug-likeness (QED) is 0.290. The Morgan fingerprint density at radius 2 is 1.92 bits per heavy atom. The van der Waals surface area contributed by atoms with Crippen LogP contribution in [0.5, 0.6) is 5.75 Å². The first-order valence-electron chi connectivity index (χ1n) is 11.5. The highest BCUT2D eigenvalue weighted by Gasteiger charge is 2.25. The molecule has 0 spiro atoms. The number of nitrogens with one attached hydrogen (secondary N) is 2. The van der Waals surface area contributed by atoms with Crippen LogP contribution in [-0.2, 0) is 11.3 Å². The third-order valence-electron chi connectivity index (χ3n) is 5.25. The topological polar surface area (TPSA) is 98.1 Å². The molecule has 0 unspecified atom stereocenters. The zero-order chi connectivity index (χ0) is 26.2. The van der Waals surface area contributed by atoms with Crippen molar-refractivity contribution in [2.24, 2.45) is 5.92 Å². The predicted molar refractivity (Wildman–Crippen MR) is 144 cm³/mol. The van der Waals surface area contributed by atoms with Crippen LogP contribution < -0.4 is 15.4 Å². The molecule has 0 saturated carbocycles. The Bertz CT molecular complexity index is 1220. The Morgan fingerprint density at radius 1 is 1.14 bits per heavy atom. The van der Waals surface area contributed by atoms with E-state index in [1.807, 2.05) is 23.6 Å². The molecule has 192 valence electrons. The number of aromatic nitrogens is 3. The second-order valence-electron chi connectivity index (χ2n) is 8.43. The second kappa shape index (κ2) is 13.0. The van der Waals surface area contributed by atoms with Gasteiger partial charge in [0.2, 0.25) is 5.91 Å². The Labute approximate surface area is 225 Å². The van der Waals surface area contributed by atoms with E-state index in [1.54, 1.807) is 31.4 Å². The van der Waals surface area contributed by atoms with Crippen molar-refractivity contribution in [1.29, 1.82) is 0 Å². The van der Waals surface area contributed by atoms with Crippen molar-refractivity contribution in [3.05, 3.63) is 63.9 Å². The molecule has 2 aromatic carbocycles. The van der Waals surface area contributed by atoms with Crippen molar-refractivity contribution in [3.63, 3.8) is 0 Å². The van der Waals surface area contributed by atoms with Gasteiger partial charge in [0.05, 0.1) is 29.5 Å². The van der Waals surface area contributed by atoms with Gasteiger partial charge in [-0.1, -0.05) is 54.9 Å². The molecule has 11 heteroatoms. The van der Waals surface area contributed by atoms with Crippen LogP contribution >= 0.6 is 35.0 Å². The van der Waals surface area contributed by atoms with Gasteiger partial charge in [-0.15, -0.1) is 10.2 Å². The number of amides is 2. The standard InChI is InChI=1S/C25H29Cl2N5O3S/c1-5-32-23(21(11-15(2)3)29-24(34)19-10-9-16(26)12-20(19)27)30-31-25(32)36-14-22(33)28-17-7-6-8-18(13-17)35-4/h6-10,12-13,15,21H,5,11,14H2,1-4H3,(H,28,33)(H,29,34)/t21-/m0/s1. The maximum Gasteiger partial charge on any atom is 0.253 e. The lowest BCUT2D eigenvalue weighted by Crippen LogP contribution is -2.31. The lowest BCUT2D eigenvalue weighted by molar-refractivity contribution is -0.113. The van der Waals surface area contributed by atoms with E-state index in [0.29, 0.717) is 46.0 Å². The fraction of sp³-hybridized carbons (Fsp3) is 0.360. The molecular weight excluding hydrogens is 521 g/mol. The Kier molecular flexibility index (Phi) is 10.0. The summed E-state index contributed by atoms with van der Waals surface area (Å²) in [6, 6.07) is 11.5. The molecule has 0 aliphatic carbocycles. The van der Waals surface area contributed by atoms with Crippen LogP contribution in [0.1, 0.15) is 49.4 Å². The maximum absolute atomic E-state index is 13.0. The summed E-state index contributed by atoms with van der Waals surface area (Å²) in [6.07, 6.45) is 0.649. The number of carbonyl (C=O) groups excluding carboxylic acids is 2. The molecule has 0 fully saturated rings. The first kappa shape index (κ1) is 27.8. The van der Waals surface area contributed by atoms with Crippen molar-refractivity contribution >= 4 is 52.5 Å². The van der Waals surface area contributed by atoms with E-state index < -0.39 is 6.04 Å². The highest BCUT2D eigenvalue weighted by molar-refractivity contribution is 7.99. The number of nitrogens with zero attached hydrogens (tertiary/aromatic N) is 3. The molecule has 0 aliphatic rings. The monoisotopic (exact) mass is 549 g/mol. The molecule has 1 atom stereocenters. The van der Waals surface area contributed by atoms with E-state index in [1.165, 1.54) is 17.8 Å². The number of rotatable bonds is 11. The van der Waals surface area contributed by atoms with Gasteiger partial charge in [0.1, 0.15) is 5.75 Å². The number of ether oxygens (including phenoxy) is 1. The lowest BCUT2D eigenvalue weighted by atomic mass is 10.0. The van der Waals surface area contributed by atoms with Gasteiger partial charge >= 0.3 is 0 Å². The van der Waals surface area contributed by atoms with Crippen LogP contribution in [0.2, 0.25) is 10.0 Å². The average molecular weight is 551 g/mol. The Balaban J connectivity index is 1.74. The molecule has 3 aromatic rings. The van der Waals surface area contributed by atoms with E-state index in [9.17, 15) is 9.59 Å². The fourth-order valence-corrected chi connectivity index (χ4v) is 4.90. The van der Waals surface area contributed by atoms with Crippen LogP contribution in [0, 0.1) is 5.92 Å². The first-order chi connectivity index (χ1) is 17.2. The summed E-state index contributed by atoms with van der Waals surface area (Å²) in [5.41, 5.74) is 0.986. The molecule has 2 N–H and O–H groups in total. The van der Waals surface area contributed by atoms with Crippen LogP contribution in [-0.4, -0.2) is 39.4 Å². The fourth-order valence-electron chi connectivity index (χ4n) is 3.60. The van der Waals surface area contributed by atoms with Gasteiger partial charge in [0.25, 0.3) is 5.91 Å². The minimum Gasteiger partial charge on any atom is -0.497 e. The summed E-state index contributed by atoms with van der Waals surface area (Å²) >= 11 is 13.5. The van der Waals surface area contributed by atoms with E-state index >= 15 is 0 Å². The van der Waals surface area contributed by atoms with E-state index in [2.05, 4.69) is 34.7 Å². The normalized spacial score (nSPS) is 11.9. The molecule has 2 amide bonds. The van der Waals surface area contributed by atoms with Crippen molar-refractivity contribution in [2.75, 3.05) is 18.2 Å². The summed E-state index contributed by atoms with van der Waals surface area (Å²) in [7, 11) is 1.57. The largest absolute Gasteiger partial charge is 0.497 e. The number of hydrogen-bond donors (Lipinski definition) is 2. The highest BCUT2D eigenvalue weighted by Crippen LogP contribution is 2.27. The number of anilines is 1. The number of benzene rings is 2. The maximum atomic E-state index is 13.0. The van der Waals surface area contributed by atoms with Crippen LogP contribution in [0.25, 0.3) is 0 Å². The minimum absolute atomic E-state index is 0.150. The van der Waals surface area contributed by atoms with Crippen LogP contribution in [0.3, 0.4) is 0 Å². The Hall–Kier alpha value is -2.75. The van der Waals surface area contributed by atoms with Crippen LogP contribution in [0.4, 0.5) is 5.69 Å². The number of carbonyl (C=O) groups is 2. The molecule has 1 heterocycles. The van der Waals surface area contributed by atoms with Crippen LogP contribution in [0.15, 0.2) is 47.6 Å². The third kappa shape index (κ3) is 7.38. The summed E-state index contributed by atoms with van der Waals surface area (Å²) in [6.45, 7) is 6.69. The molecular formula is C25H29Cl2N5O3S. The smallest absolute Gasteiger partial charge is 0.253 e. The molecule has 36 heavy (non-hydrogen) atoms. The van der Waals surface area contributed by atoms with Crippen molar-refractivity contribution < 1.29 is 14.3 Å². The number of halogens is 2. The van der Waals surface area contributed by atoms with Gasteiger partial charge in [0, 0.05) is 23.3 Å². The van der Waals surface area contributed by atoms with Crippen molar-refractivity contribution in [1.82, 2.24) is 20.1 Å². The van der Waals surface area contributed by atoms with Crippen molar-refractivity contribution in [2.45, 2.75) is 44.9 Å². The average Bonchev–Trinajstić information content (AvgIpc) is 3.25. The predicted octanol–water partition coefficient (Wildman–Crippen LogP) is 5.86. The van der Waals surface area contributed by atoms with E-state index in [0.717, 1.165) is 0 Å².